The van der Waals surface area contributed by atoms with Crippen molar-refractivity contribution in [1.29, 1.82) is 0 Å². The van der Waals surface area contributed by atoms with Crippen molar-refractivity contribution >= 4 is 16.7 Å². The summed E-state index contributed by atoms with van der Waals surface area (Å²) >= 11 is 0. The van der Waals surface area contributed by atoms with Gasteiger partial charge in [0.1, 0.15) is 0 Å². The smallest absolute Gasteiger partial charge is 0.545 e. The molecule has 0 heterocycles. The number of fused-ring (bicyclic) bond motifs is 1. The van der Waals surface area contributed by atoms with Crippen LogP contribution in [0.4, 0.5) is 0 Å². The second-order valence-electron chi connectivity index (χ2n) is 2.81. The van der Waals surface area contributed by atoms with Crippen molar-refractivity contribution in [2.24, 2.45) is 0 Å². The van der Waals surface area contributed by atoms with Crippen molar-refractivity contribution in [2.75, 3.05) is 0 Å². The van der Waals surface area contributed by atoms with Crippen LogP contribution in [0.3, 0.4) is 0 Å². The van der Waals surface area contributed by atoms with Crippen molar-refractivity contribution < 1.29 is 78.8 Å². The van der Waals surface area contributed by atoms with Crippen molar-refractivity contribution in [2.45, 2.75) is 0 Å². The van der Waals surface area contributed by atoms with Gasteiger partial charge in [-0.1, -0.05) is 42.5 Å². The van der Waals surface area contributed by atoms with Crippen LogP contribution in [0.25, 0.3) is 10.8 Å². The van der Waals surface area contributed by atoms with E-state index in [0.717, 1.165) is 10.8 Å². The average molecular weight is 304 g/mol. The molecule has 0 amide bonds. The zero-order chi connectivity index (χ0) is 9.26. The van der Waals surface area contributed by atoms with Gasteiger partial charge in [-0.25, -0.2) is 0 Å². The second-order valence-corrected chi connectivity index (χ2v) is 2.81. The molecule has 0 N–H and O–H groups in total. The van der Waals surface area contributed by atoms with Gasteiger partial charge in [-0.3, -0.25) is 0 Å². The van der Waals surface area contributed by atoms with E-state index in [9.17, 15) is 9.90 Å². The van der Waals surface area contributed by atoms with Crippen molar-refractivity contribution in [3.8, 4) is 0 Å². The standard InChI is InChI=1S/C11H8O2.Cs/c12-11(13)10-7-3-5-8-4-1-2-6-9(8)10;/h1-7H,(H,12,13);/q;+1/p-1. The van der Waals surface area contributed by atoms with Crippen LogP contribution in [0.5, 0.6) is 0 Å². The molecule has 0 aliphatic carbocycles. The molecule has 64 valence electrons. The molecule has 14 heavy (non-hydrogen) atoms. The predicted molar refractivity (Wildman–Crippen MR) is 48.3 cm³/mol. The van der Waals surface area contributed by atoms with Gasteiger partial charge in [-0.15, -0.1) is 0 Å². The monoisotopic (exact) mass is 304 g/mol. The topological polar surface area (TPSA) is 40.1 Å². The second kappa shape index (κ2) is 5.35. The van der Waals surface area contributed by atoms with Crippen LogP contribution in [0, 0.1) is 0 Å². The molecule has 0 spiro atoms. The molecule has 0 fully saturated rings. The van der Waals surface area contributed by atoms with Gasteiger partial charge < -0.3 is 9.90 Å². The molecule has 0 saturated heterocycles. The number of hydrogen-bond acceptors (Lipinski definition) is 2. The van der Waals surface area contributed by atoms with Crippen LogP contribution >= 0.6 is 0 Å². The summed E-state index contributed by atoms with van der Waals surface area (Å²) in [4.78, 5) is 10.7. The normalized spacial score (nSPS) is 9.43. The first-order valence-corrected chi connectivity index (χ1v) is 3.98. The summed E-state index contributed by atoms with van der Waals surface area (Å²) in [5, 5.41) is 12.4. The molecule has 0 aliphatic heterocycles. The van der Waals surface area contributed by atoms with Crippen LogP contribution in [-0.2, 0) is 0 Å². The molecule has 2 rings (SSSR count). The van der Waals surface area contributed by atoms with E-state index >= 15 is 0 Å². The maximum atomic E-state index is 10.7. The Morgan fingerprint density at radius 2 is 1.64 bits per heavy atom. The average Bonchev–Trinajstić information content (AvgIpc) is 2.17. The molecule has 2 nitrogen and oxygen atoms in total. The van der Waals surface area contributed by atoms with Crippen LogP contribution < -0.4 is 74.0 Å². The van der Waals surface area contributed by atoms with E-state index in [1.54, 1.807) is 18.2 Å². The summed E-state index contributed by atoms with van der Waals surface area (Å²) in [6, 6.07) is 12.5. The Morgan fingerprint density at radius 3 is 2.36 bits per heavy atom. The van der Waals surface area contributed by atoms with Crippen molar-refractivity contribution in [1.82, 2.24) is 0 Å². The molecule has 0 unspecified atom stereocenters. The molecule has 0 aromatic heterocycles. The summed E-state index contributed by atoms with van der Waals surface area (Å²) in [5.74, 6) is -1.13. The van der Waals surface area contributed by atoms with Gasteiger partial charge in [0, 0.05) is 5.56 Å². The largest absolute Gasteiger partial charge is 1.00 e. The fourth-order valence-electron chi connectivity index (χ4n) is 1.40. The summed E-state index contributed by atoms with van der Waals surface area (Å²) in [6.07, 6.45) is 0. The van der Waals surface area contributed by atoms with Gasteiger partial charge in [0.2, 0.25) is 0 Å². The van der Waals surface area contributed by atoms with Gasteiger partial charge in [-0.2, -0.15) is 0 Å². The minimum Gasteiger partial charge on any atom is -0.545 e. The van der Waals surface area contributed by atoms with Crippen molar-refractivity contribution in [3.63, 3.8) is 0 Å². The number of carboxylic acid groups (broad SMARTS) is 1. The molecular formula is C11H7CsO2. The summed E-state index contributed by atoms with van der Waals surface area (Å²) in [5.41, 5.74) is 0.248. The number of benzene rings is 2. The third-order valence-corrected chi connectivity index (χ3v) is 2.01. The van der Waals surface area contributed by atoms with E-state index in [1.165, 1.54) is 0 Å². The Labute approximate surface area is 141 Å². The fraction of sp³-hybridized carbons (Fsp3) is 0. The zero-order valence-corrected chi connectivity index (χ0v) is 14.1. The SMILES string of the molecule is O=C([O-])c1cccc2ccccc12.[Cs+]. The Bertz CT molecular complexity index is 460. The van der Waals surface area contributed by atoms with E-state index in [-0.39, 0.29) is 74.5 Å². The Balaban J connectivity index is 0.000000980. The molecule has 2 aromatic carbocycles. The first-order valence-electron chi connectivity index (χ1n) is 3.98. The molecule has 0 bridgehead atoms. The van der Waals surface area contributed by atoms with Crippen LogP contribution in [0.15, 0.2) is 42.5 Å². The molecule has 0 atom stereocenters. The maximum Gasteiger partial charge on any atom is 1.00 e. The number of hydrogen-bond donors (Lipinski definition) is 0. The van der Waals surface area contributed by atoms with Crippen LogP contribution in [0.2, 0.25) is 0 Å². The number of carbonyl (C=O) groups excluding carboxylic acids is 1. The van der Waals surface area contributed by atoms with Gasteiger partial charge in [0.15, 0.2) is 0 Å². The van der Waals surface area contributed by atoms with Gasteiger partial charge in [-0.05, 0) is 10.8 Å². The first kappa shape index (κ1) is 12.3. The molecule has 2 aromatic rings. The van der Waals surface area contributed by atoms with Gasteiger partial charge in [0.05, 0.1) is 5.97 Å². The molecule has 0 aliphatic rings. The Hall–Kier alpha value is 0.222. The Morgan fingerprint density at radius 1 is 1.00 bits per heavy atom. The predicted octanol–water partition coefficient (Wildman–Crippen LogP) is -1.79. The van der Waals surface area contributed by atoms with Gasteiger partial charge in [0.25, 0.3) is 0 Å². The van der Waals surface area contributed by atoms with E-state index < -0.39 is 5.97 Å². The third kappa shape index (κ3) is 2.42. The molecule has 3 heteroatoms. The Kier molecular flexibility index (Phi) is 4.69. The van der Waals surface area contributed by atoms with E-state index in [2.05, 4.69) is 0 Å². The zero-order valence-electron chi connectivity index (χ0n) is 7.86. The van der Waals surface area contributed by atoms with E-state index in [1.807, 2.05) is 24.3 Å². The number of rotatable bonds is 1. The van der Waals surface area contributed by atoms with E-state index in [4.69, 9.17) is 0 Å². The molecule has 0 saturated carbocycles. The molecule has 0 radical (unpaired) electrons. The third-order valence-electron chi connectivity index (χ3n) is 2.01. The van der Waals surface area contributed by atoms with Crippen LogP contribution in [-0.4, -0.2) is 5.97 Å². The van der Waals surface area contributed by atoms with Crippen LogP contribution in [0.1, 0.15) is 10.4 Å². The number of carboxylic acids is 1. The summed E-state index contributed by atoms with van der Waals surface area (Å²) < 4.78 is 0. The maximum absolute atomic E-state index is 10.7. The number of aromatic carboxylic acids is 1. The fourth-order valence-corrected chi connectivity index (χ4v) is 1.40. The quantitative estimate of drug-likeness (QED) is 0.624. The van der Waals surface area contributed by atoms with E-state index in [0.29, 0.717) is 0 Å². The molecular weight excluding hydrogens is 297 g/mol. The van der Waals surface area contributed by atoms with Crippen molar-refractivity contribution in [3.05, 3.63) is 48.0 Å². The number of carbonyl (C=O) groups is 1. The van der Waals surface area contributed by atoms with Gasteiger partial charge >= 0.3 is 68.9 Å². The minimum absolute atomic E-state index is 0. The first-order chi connectivity index (χ1) is 6.29. The summed E-state index contributed by atoms with van der Waals surface area (Å²) in [7, 11) is 0. The minimum atomic E-state index is -1.13. The summed E-state index contributed by atoms with van der Waals surface area (Å²) in [6.45, 7) is 0.